The molecule has 1 aromatic heterocycles. The van der Waals surface area contributed by atoms with Gasteiger partial charge in [0.1, 0.15) is 12.5 Å². The predicted molar refractivity (Wildman–Crippen MR) is 154 cm³/mol. The Kier molecular flexibility index (Phi) is 13.7. The summed E-state index contributed by atoms with van der Waals surface area (Å²) in [6.07, 6.45) is 20.0. The molecule has 1 saturated carbocycles. The number of rotatable bonds is 4. The second-order valence-electron chi connectivity index (χ2n) is 9.93. The standard InChI is InChI=1S/C21H23FN2.C8H16.C3H6O2/c1-3-4-19-20(13-14-22)24-21(23-19)18-11-9-17(10-12-18)16-7-5-15(2)6-8-16;1-8-6-4-2-3-5-7-8;1-3(4)5-2/h4-5,7,9-13H,3,6,8,14H2,1-2H3,(H,23,24);8H,2-7H2,1H3;1-2H3/b19-4+,20-13+;;. The maximum Gasteiger partial charge on any atom is 0.302 e. The fourth-order valence-electron chi connectivity index (χ4n) is 4.43. The Balaban J connectivity index is 0.000000304. The first-order chi connectivity index (χ1) is 17.9. The number of nitrogens with zero attached hydrogens (tertiary/aromatic N) is 1. The van der Waals surface area contributed by atoms with Crippen LogP contribution in [0.4, 0.5) is 4.39 Å². The molecule has 5 heteroatoms. The van der Waals surface area contributed by atoms with E-state index in [2.05, 4.69) is 71.9 Å². The van der Waals surface area contributed by atoms with Crippen LogP contribution in [0.5, 0.6) is 0 Å². The first kappa shape index (κ1) is 30.3. The van der Waals surface area contributed by atoms with Crippen molar-refractivity contribution in [3.8, 4) is 11.4 Å². The van der Waals surface area contributed by atoms with Crippen molar-refractivity contribution < 1.29 is 13.9 Å². The summed E-state index contributed by atoms with van der Waals surface area (Å²) in [6.45, 7) is 7.47. The molecule has 4 nitrogen and oxygen atoms in total. The third-order valence-corrected chi connectivity index (χ3v) is 6.76. The lowest BCUT2D eigenvalue weighted by atomic mass is 9.93. The molecular formula is C32H45FN2O2. The number of hydrogen-bond acceptors (Lipinski definition) is 3. The molecule has 1 aromatic carbocycles. The highest BCUT2D eigenvalue weighted by atomic mass is 19.1. The molecule has 37 heavy (non-hydrogen) atoms. The molecule has 0 unspecified atom stereocenters. The van der Waals surface area contributed by atoms with Crippen LogP contribution in [0.1, 0.15) is 91.0 Å². The van der Waals surface area contributed by atoms with Crippen LogP contribution >= 0.6 is 0 Å². The van der Waals surface area contributed by atoms with Crippen LogP contribution in [0.2, 0.25) is 0 Å². The van der Waals surface area contributed by atoms with Crippen molar-refractivity contribution >= 4 is 23.7 Å². The van der Waals surface area contributed by atoms with Gasteiger partial charge in [-0.15, -0.1) is 0 Å². The Bertz CT molecular complexity index is 1100. The lowest BCUT2D eigenvalue weighted by Gasteiger charge is -2.12. The molecule has 2 aliphatic rings. The zero-order chi connectivity index (χ0) is 27.0. The zero-order valence-corrected chi connectivity index (χ0v) is 23.4. The first-order valence-electron chi connectivity index (χ1n) is 13.7. The van der Waals surface area contributed by atoms with Crippen molar-refractivity contribution in [2.45, 2.75) is 85.5 Å². The number of aromatic nitrogens is 2. The van der Waals surface area contributed by atoms with E-state index in [1.807, 2.05) is 6.08 Å². The number of allylic oxidation sites excluding steroid dienone is 4. The average molecular weight is 509 g/mol. The fourth-order valence-corrected chi connectivity index (χ4v) is 4.43. The summed E-state index contributed by atoms with van der Waals surface area (Å²) in [5, 5.41) is 1.58. The topological polar surface area (TPSA) is 55.0 Å². The quantitative estimate of drug-likeness (QED) is 0.348. The van der Waals surface area contributed by atoms with E-state index >= 15 is 0 Å². The molecule has 0 radical (unpaired) electrons. The van der Waals surface area contributed by atoms with Crippen LogP contribution in [0.15, 0.2) is 42.0 Å². The van der Waals surface area contributed by atoms with Crippen molar-refractivity contribution in [2.24, 2.45) is 5.92 Å². The number of ether oxygens (including phenoxy) is 1. The highest BCUT2D eigenvalue weighted by Crippen LogP contribution is 2.27. The van der Waals surface area contributed by atoms with E-state index in [1.165, 1.54) is 75.3 Å². The summed E-state index contributed by atoms with van der Waals surface area (Å²) in [7, 11) is 1.35. The summed E-state index contributed by atoms with van der Waals surface area (Å²) in [5.74, 6) is 1.57. The SMILES string of the molecule is CC/C=c1/[nH]c(-c2ccc(C3=CC=C(C)CC3)cc2)n/c1=C/CF.CC1CCCCCC1.COC(C)=O. The van der Waals surface area contributed by atoms with Gasteiger partial charge in [-0.2, -0.15) is 0 Å². The number of alkyl halides is 1. The highest BCUT2D eigenvalue weighted by molar-refractivity contribution is 5.71. The lowest BCUT2D eigenvalue weighted by Crippen LogP contribution is -2.24. The van der Waals surface area contributed by atoms with Gasteiger partial charge in [0.05, 0.1) is 17.8 Å². The van der Waals surface area contributed by atoms with E-state index in [-0.39, 0.29) is 5.97 Å². The Hall–Kier alpha value is -2.95. The van der Waals surface area contributed by atoms with E-state index in [4.69, 9.17) is 0 Å². The van der Waals surface area contributed by atoms with Gasteiger partial charge in [-0.3, -0.25) is 4.79 Å². The van der Waals surface area contributed by atoms with E-state index < -0.39 is 6.67 Å². The number of halogens is 1. The third kappa shape index (κ3) is 10.9. The Labute approximate surface area is 222 Å². The van der Waals surface area contributed by atoms with Crippen molar-refractivity contribution in [3.05, 3.63) is 58.3 Å². The molecule has 0 saturated heterocycles. The second kappa shape index (κ2) is 16.7. The van der Waals surface area contributed by atoms with E-state index in [0.717, 1.165) is 41.9 Å². The summed E-state index contributed by atoms with van der Waals surface area (Å²) in [6, 6.07) is 8.43. The largest absolute Gasteiger partial charge is 0.469 e. The molecule has 0 amide bonds. The number of H-pyrrole nitrogens is 1. The van der Waals surface area contributed by atoms with Gasteiger partial charge in [-0.1, -0.05) is 100 Å². The van der Waals surface area contributed by atoms with Gasteiger partial charge in [-0.25, -0.2) is 9.37 Å². The van der Waals surface area contributed by atoms with Gasteiger partial charge < -0.3 is 9.72 Å². The van der Waals surface area contributed by atoms with E-state index in [0.29, 0.717) is 5.35 Å². The molecule has 1 N–H and O–H groups in total. The van der Waals surface area contributed by atoms with Crippen molar-refractivity contribution in [1.82, 2.24) is 9.97 Å². The summed E-state index contributed by atoms with van der Waals surface area (Å²) >= 11 is 0. The lowest BCUT2D eigenvalue weighted by molar-refractivity contribution is -0.137. The minimum atomic E-state index is -0.505. The van der Waals surface area contributed by atoms with Crippen molar-refractivity contribution in [3.63, 3.8) is 0 Å². The Morgan fingerprint density at radius 1 is 1.05 bits per heavy atom. The normalized spacial score (nSPS) is 16.9. The zero-order valence-electron chi connectivity index (χ0n) is 23.4. The van der Waals surface area contributed by atoms with Gasteiger partial charge >= 0.3 is 5.97 Å². The monoisotopic (exact) mass is 508 g/mol. The molecule has 0 atom stereocenters. The molecular weight excluding hydrogens is 463 g/mol. The fraction of sp³-hybridized carbons (Fsp3) is 0.500. The summed E-state index contributed by atoms with van der Waals surface area (Å²) < 4.78 is 16.8. The minimum Gasteiger partial charge on any atom is -0.469 e. The predicted octanol–water partition coefficient (Wildman–Crippen LogP) is 7.30. The number of carbonyl (C=O) groups excluding carboxylic acids is 1. The number of nitrogens with one attached hydrogen (secondary N) is 1. The highest BCUT2D eigenvalue weighted by Gasteiger charge is 2.08. The third-order valence-electron chi connectivity index (χ3n) is 6.76. The molecule has 2 aromatic rings. The van der Waals surface area contributed by atoms with Crippen LogP contribution in [0.3, 0.4) is 0 Å². The van der Waals surface area contributed by atoms with E-state index in [1.54, 1.807) is 0 Å². The van der Waals surface area contributed by atoms with Gasteiger partial charge in [0.25, 0.3) is 0 Å². The Morgan fingerprint density at radius 2 is 1.68 bits per heavy atom. The molecule has 0 spiro atoms. The van der Waals surface area contributed by atoms with Crippen molar-refractivity contribution in [1.29, 1.82) is 0 Å². The number of benzene rings is 1. The van der Waals surface area contributed by atoms with Crippen LogP contribution < -0.4 is 10.7 Å². The molecule has 1 fully saturated rings. The average Bonchev–Trinajstić information content (AvgIpc) is 3.13. The number of methoxy groups -OCH3 is 1. The molecule has 0 aliphatic heterocycles. The molecule has 2 aliphatic carbocycles. The molecule has 0 bridgehead atoms. The number of esters is 1. The van der Waals surface area contributed by atoms with Crippen LogP contribution in [-0.4, -0.2) is 29.7 Å². The second-order valence-corrected chi connectivity index (χ2v) is 9.93. The molecule has 1 heterocycles. The van der Waals surface area contributed by atoms with Crippen LogP contribution in [-0.2, 0) is 9.53 Å². The minimum absolute atomic E-state index is 0.245. The van der Waals surface area contributed by atoms with Gasteiger partial charge in [0.15, 0.2) is 0 Å². The number of carbonyl (C=O) groups is 1. The number of imidazole rings is 1. The van der Waals surface area contributed by atoms with Gasteiger partial charge in [-0.05, 0) is 49.3 Å². The van der Waals surface area contributed by atoms with Crippen molar-refractivity contribution in [2.75, 3.05) is 13.8 Å². The first-order valence-corrected chi connectivity index (χ1v) is 13.7. The smallest absolute Gasteiger partial charge is 0.302 e. The summed E-state index contributed by atoms with van der Waals surface area (Å²) in [5.41, 5.74) is 5.08. The van der Waals surface area contributed by atoms with Crippen LogP contribution in [0.25, 0.3) is 29.1 Å². The molecule has 202 valence electrons. The van der Waals surface area contributed by atoms with E-state index in [9.17, 15) is 9.18 Å². The maximum atomic E-state index is 12.7. The number of hydrogen-bond donors (Lipinski definition) is 1. The summed E-state index contributed by atoms with van der Waals surface area (Å²) in [4.78, 5) is 17.4. The maximum absolute atomic E-state index is 12.7. The van der Waals surface area contributed by atoms with Gasteiger partial charge in [0, 0.05) is 12.5 Å². The number of aromatic amines is 1. The van der Waals surface area contributed by atoms with Crippen LogP contribution in [0, 0.1) is 5.92 Å². The Morgan fingerprint density at radius 3 is 2.19 bits per heavy atom. The van der Waals surface area contributed by atoms with Gasteiger partial charge in [0.2, 0.25) is 0 Å². The molecule has 4 rings (SSSR count).